The topological polar surface area (TPSA) is 161 Å². The molecule has 10 nitrogen and oxygen atoms in total. The Morgan fingerprint density at radius 2 is 1.66 bits per heavy atom. The maximum Gasteiger partial charge on any atom is 0.341 e. The molecule has 10 heteroatoms. The predicted octanol–water partition coefficient (Wildman–Crippen LogP) is 1.36. The van der Waals surface area contributed by atoms with Crippen LogP contribution in [0.3, 0.4) is 0 Å². The van der Waals surface area contributed by atoms with Crippen molar-refractivity contribution < 1.29 is 43.9 Å². The molecule has 230 valence electrons. The zero-order chi connectivity index (χ0) is 30.0. The molecule has 3 heterocycles. The van der Waals surface area contributed by atoms with Crippen LogP contribution in [-0.4, -0.2) is 81.3 Å². The average Bonchev–Trinajstić information content (AvgIpc) is 3.58. The zero-order valence-electron chi connectivity index (χ0n) is 25.4. The standard InChI is InChI=1S/C31H47NO9/c1-11-19-18-14(27(4)15(22(32)23(18)34)9-16-24(39-16)25(27)35)10-17(38-13(3)33)28(19,5)21-12(2)40-31(8)29(6,20(11)21)30(7,37)26(36)41-31/h11-12,14-25,34-35,37H,9-10,32H2,1-8H3/t11-,12+,14?,15-,16+,17+,18?,19+,20-,21+,22+,23-,24+,25+,27-,28+,29+,30-,31+/m1/s1. The normalized spacial score (nSPS) is 65.5. The lowest BCUT2D eigenvalue weighted by atomic mass is 9.41. The summed E-state index contributed by atoms with van der Waals surface area (Å²) >= 11 is 0. The first-order valence-electron chi connectivity index (χ1n) is 15.5. The first-order chi connectivity index (χ1) is 18.9. The minimum absolute atomic E-state index is 0.0398. The van der Waals surface area contributed by atoms with Gasteiger partial charge < -0.3 is 40.0 Å². The highest BCUT2D eigenvalue weighted by Gasteiger charge is 2.83. The molecule has 0 radical (unpaired) electrons. The summed E-state index contributed by atoms with van der Waals surface area (Å²) in [6.45, 7) is 14.9. The van der Waals surface area contributed by atoms with Crippen molar-refractivity contribution >= 4 is 11.9 Å². The van der Waals surface area contributed by atoms with E-state index in [2.05, 4.69) is 20.8 Å². The van der Waals surface area contributed by atoms with Gasteiger partial charge in [0, 0.05) is 30.7 Å². The van der Waals surface area contributed by atoms with E-state index in [1.165, 1.54) is 13.8 Å². The predicted molar refractivity (Wildman–Crippen MR) is 144 cm³/mol. The van der Waals surface area contributed by atoms with Crippen molar-refractivity contribution in [3.05, 3.63) is 0 Å². The van der Waals surface area contributed by atoms with Crippen molar-refractivity contribution in [2.75, 3.05) is 0 Å². The Kier molecular flexibility index (Phi) is 5.58. The summed E-state index contributed by atoms with van der Waals surface area (Å²) in [6, 6.07) is -0.556. The molecule has 0 aromatic rings. The van der Waals surface area contributed by atoms with Crippen molar-refractivity contribution in [3.8, 4) is 0 Å². The van der Waals surface area contributed by atoms with E-state index in [0.29, 0.717) is 12.8 Å². The number of ether oxygens (including phenoxy) is 4. The molecule has 0 bridgehead atoms. The molecular formula is C31H47NO9. The van der Waals surface area contributed by atoms with Crippen LogP contribution in [0, 0.1) is 57.7 Å². The van der Waals surface area contributed by atoms with E-state index in [4.69, 9.17) is 24.7 Å². The molecule has 0 aromatic carbocycles. The second-order valence-electron chi connectivity index (χ2n) is 15.6. The Hall–Kier alpha value is -1.30. The molecule has 4 saturated carbocycles. The number of rotatable bonds is 1. The molecule has 0 amide bonds. The van der Waals surface area contributed by atoms with Crippen LogP contribution in [0.15, 0.2) is 0 Å². The molecule has 7 aliphatic rings. The first kappa shape index (κ1) is 28.5. The fourth-order valence-electron chi connectivity index (χ4n) is 12.5. The van der Waals surface area contributed by atoms with Gasteiger partial charge in [0.25, 0.3) is 0 Å². The van der Waals surface area contributed by atoms with Crippen LogP contribution in [0.2, 0.25) is 0 Å². The van der Waals surface area contributed by atoms with Crippen molar-refractivity contribution in [3.63, 3.8) is 0 Å². The number of aliphatic hydroxyl groups is 3. The van der Waals surface area contributed by atoms with Crippen LogP contribution in [0.25, 0.3) is 0 Å². The smallest absolute Gasteiger partial charge is 0.341 e. The first-order valence-corrected chi connectivity index (χ1v) is 15.5. The third-order valence-corrected chi connectivity index (χ3v) is 14.4. The van der Waals surface area contributed by atoms with E-state index in [9.17, 15) is 24.9 Å². The highest BCUT2D eigenvalue weighted by atomic mass is 16.7. The Morgan fingerprint density at radius 3 is 2.29 bits per heavy atom. The summed E-state index contributed by atoms with van der Waals surface area (Å²) in [6.07, 6.45) is -1.66. The van der Waals surface area contributed by atoms with Crippen LogP contribution in [0.1, 0.15) is 68.2 Å². The number of carbonyl (C=O) groups is 2. The SMILES string of the molecule is CC(=O)O[C@H]1CC2C([C@@H](O)[C@@H](N)[C@H]3C[C@@H]4O[C@@H]4[C@H](O)[C@]23C)[C@@H]2[C@@H](C)[C@@H]3[C@H]([C@H](C)O[C@@]4(C)OC(=O)[C@@](C)(O)[C@]34C)[C@@]12C. The van der Waals surface area contributed by atoms with Gasteiger partial charge in [0.2, 0.25) is 5.79 Å². The molecule has 5 N–H and O–H groups in total. The zero-order valence-corrected chi connectivity index (χ0v) is 25.4. The van der Waals surface area contributed by atoms with Crippen LogP contribution in [0.4, 0.5) is 0 Å². The van der Waals surface area contributed by atoms with Gasteiger partial charge in [-0.15, -0.1) is 0 Å². The molecular weight excluding hydrogens is 530 g/mol. The van der Waals surface area contributed by atoms with Crippen LogP contribution < -0.4 is 5.73 Å². The van der Waals surface area contributed by atoms with Gasteiger partial charge in [0.05, 0.1) is 29.8 Å². The number of nitrogens with two attached hydrogens (primary N) is 1. The van der Waals surface area contributed by atoms with Crippen molar-refractivity contribution in [1.82, 2.24) is 0 Å². The molecule has 3 saturated heterocycles. The maximum absolute atomic E-state index is 13.2. The highest BCUT2D eigenvalue weighted by Crippen LogP contribution is 2.77. The minimum Gasteiger partial charge on any atom is -0.462 e. The van der Waals surface area contributed by atoms with Crippen LogP contribution in [-0.2, 0) is 28.5 Å². The number of epoxide rings is 1. The van der Waals surface area contributed by atoms with Crippen molar-refractivity contribution in [1.29, 1.82) is 0 Å². The summed E-state index contributed by atoms with van der Waals surface area (Å²) in [5.74, 6) is -3.95. The van der Waals surface area contributed by atoms with Gasteiger partial charge in [-0.3, -0.25) is 4.79 Å². The van der Waals surface area contributed by atoms with E-state index in [0.717, 1.165) is 0 Å². The molecule has 3 aliphatic heterocycles. The van der Waals surface area contributed by atoms with Crippen LogP contribution in [0.5, 0.6) is 0 Å². The lowest BCUT2D eigenvalue weighted by Crippen LogP contribution is -2.72. The van der Waals surface area contributed by atoms with Gasteiger partial charge in [-0.1, -0.05) is 20.8 Å². The van der Waals surface area contributed by atoms with Gasteiger partial charge in [0.1, 0.15) is 12.2 Å². The minimum atomic E-state index is -1.82. The molecule has 19 atom stereocenters. The Balaban J connectivity index is 1.42. The molecule has 4 aliphatic carbocycles. The largest absolute Gasteiger partial charge is 0.462 e. The second kappa shape index (κ2) is 8.04. The Morgan fingerprint density at radius 1 is 1.00 bits per heavy atom. The number of aliphatic hydroxyl groups excluding tert-OH is 2. The average molecular weight is 578 g/mol. The fraction of sp³-hybridized carbons (Fsp3) is 0.935. The maximum atomic E-state index is 13.2. The Bertz CT molecular complexity index is 1190. The summed E-state index contributed by atoms with van der Waals surface area (Å²) in [5.41, 5.74) is 2.62. The van der Waals surface area contributed by atoms with E-state index in [1.54, 1.807) is 6.92 Å². The third kappa shape index (κ3) is 2.96. The highest BCUT2D eigenvalue weighted by molar-refractivity contribution is 5.83. The van der Waals surface area contributed by atoms with Gasteiger partial charge in [-0.05, 0) is 75.0 Å². The molecule has 7 rings (SSSR count). The van der Waals surface area contributed by atoms with Crippen LogP contribution >= 0.6 is 0 Å². The van der Waals surface area contributed by atoms with Gasteiger partial charge in [-0.2, -0.15) is 0 Å². The molecule has 41 heavy (non-hydrogen) atoms. The van der Waals surface area contributed by atoms with Crippen molar-refractivity contribution in [2.45, 2.75) is 122 Å². The van der Waals surface area contributed by atoms with E-state index in [-0.39, 0.29) is 59.6 Å². The summed E-state index contributed by atoms with van der Waals surface area (Å²) < 4.78 is 24.5. The lowest BCUT2D eigenvalue weighted by Gasteiger charge is -2.65. The lowest BCUT2D eigenvalue weighted by molar-refractivity contribution is -0.336. The van der Waals surface area contributed by atoms with E-state index < -0.39 is 64.1 Å². The summed E-state index contributed by atoms with van der Waals surface area (Å²) in [4.78, 5) is 25.8. The van der Waals surface area contributed by atoms with Crippen molar-refractivity contribution in [2.24, 2.45) is 63.4 Å². The molecule has 7 fully saturated rings. The van der Waals surface area contributed by atoms with Gasteiger partial charge in [-0.25, -0.2) is 4.79 Å². The molecule has 2 unspecified atom stereocenters. The number of hydrogen-bond acceptors (Lipinski definition) is 10. The summed E-state index contributed by atoms with van der Waals surface area (Å²) in [5, 5.41) is 35.6. The van der Waals surface area contributed by atoms with Gasteiger partial charge >= 0.3 is 11.9 Å². The Labute approximate surface area is 241 Å². The number of hydrogen-bond donors (Lipinski definition) is 4. The fourth-order valence-corrected chi connectivity index (χ4v) is 12.5. The summed E-state index contributed by atoms with van der Waals surface area (Å²) in [7, 11) is 0. The monoisotopic (exact) mass is 577 g/mol. The third-order valence-electron chi connectivity index (χ3n) is 14.4. The van der Waals surface area contributed by atoms with E-state index >= 15 is 0 Å². The number of carbonyl (C=O) groups excluding carboxylic acids is 2. The number of esters is 2. The second-order valence-corrected chi connectivity index (χ2v) is 15.6. The van der Waals surface area contributed by atoms with Gasteiger partial charge in [0.15, 0.2) is 5.60 Å². The van der Waals surface area contributed by atoms with E-state index in [1.807, 2.05) is 13.8 Å². The number of fused-ring (bicyclic) bond motifs is 10. The molecule has 0 aromatic heterocycles. The quantitative estimate of drug-likeness (QED) is 0.265. The molecule has 0 spiro atoms.